The van der Waals surface area contributed by atoms with Crippen molar-refractivity contribution in [3.05, 3.63) is 23.0 Å². The minimum atomic E-state index is -0.418. The van der Waals surface area contributed by atoms with Gasteiger partial charge in [-0.1, -0.05) is 0 Å². The summed E-state index contributed by atoms with van der Waals surface area (Å²) in [6, 6.07) is 1.68. The first-order valence-corrected chi connectivity index (χ1v) is 5.09. The Morgan fingerprint density at radius 3 is 2.50 bits per heavy atom. The standard InChI is InChI=1S/C11H17N3O2/c1-7-6-9(8(2)13-12-7)10(15)14-16-11(3,4)5/h6H,1-5H3,(H,14,15). The van der Waals surface area contributed by atoms with E-state index in [4.69, 9.17) is 4.84 Å². The minimum Gasteiger partial charge on any atom is -0.268 e. The lowest BCUT2D eigenvalue weighted by Crippen LogP contribution is -2.34. The van der Waals surface area contributed by atoms with Crippen molar-refractivity contribution in [1.29, 1.82) is 0 Å². The van der Waals surface area contributed by atoms with Gasteiger partial charge in [-0.25, -0.2) is 5.48 Å². The Balaban J connectivity index is 2.77. The third-order valence-electron chi connectivity index (χ3n) is 1.80. The molecule has 5 heteroatoms. The minimum absolute atomic E-state index is 0.301. The number of rotatable bonds is 2. The smallest absolute Gasteiger partial charge is 0.268 e. The van der Waals surface area contributed by atoms with Gasteiger partial charge in [0.15, 0.2) is 0 Å². The molecule has 1 N–H and O–H groups in total. The highest BCUT2D eigenvalue weighted by Crippen LogP contribution is 2.08. The summed E-state index contributed by atoms with van der Waals surface area (Å²) >= 11 is 0. The maximum atomic E-state index is 11.8. The molecule has 0 atom stereocenters. The van der Waals surface area contributed by atoms with Crippen LogP contribution in [0, 0.1) is 13.8 Å². The highest BCUT2D eigenvalue weighted by molar-refractivity contribution is 5.94. The summed E-state index contributed by atoms with van der Waals surface area (Å²) in [7, 11) is 0. The molecule has 88 valence electrons. The zero-order chi connectivity index (χ0) is 12.3. The van der Waals surface area contributed by atoms with Gasteiger partial charge in [-0.05, 0) is 40.7 Å². The molecule has 0 unspecified atom stereocenters. The molecule has 0 radical (unpaired) electrons. The van der Waals surface area contributed by atoms with Crippen LogP contribution in [0.3, 0.4) is 0 Å². The monoisotopic (exact) mass is 223 g/mol. The number of carbonyl (C=O) groups is 1. The van der Waals surface area contributed by atoms with E-state index in [1.807, 2.05) is 20.8 Å². The topological polar surface area (TPSA) is 64.1 Å². The van der Waals surface area contributed by atoms with Gasteiger partial charge in [-0.3, -0.25) is 9.63 Å². The van der Waals surface area contributed by atoms with E-state index in [9.17, 15) is 4.79 Å². The summed E-state index contributed by atoms with van der Waals surface area (Å²) in [5.41, 5.74) is 3.75. The molecular weight excluding hydrogens is 206 g/mol. The van der Waals surface area contributed by atoms with Crippen LogP contribution in [0.5, 0.6) is 0 Å². The number of nitrogens with one attached hydrogen (secondary N) is 1. The number of nitrogens with zero attached hydrogens (tertiary/aromatic N) is 2. The van der Waals surface area contributed by atoms with E-state index in [2.05, 4.69) is 15.7 Å². The SMILES string of the molecule is Cc1cc(C(=O)NOC(C)(C)C)c(C)nn1. The zero-order valence-electron chi connectivity index (χ0n) is 10.3. The molecule has 0 fully saturated rings. The lowest BCUT2D eigenvalue weighted by atomic mass is 10.2. The van der Waals surface area contributed by atoms with Crippen LogP contribution in [0.4, 0.5) is 0 Å². The number of carbonyl (C=O) groups excluding carboxylic acids is 1. The fourth-order valence-electron chi connectivity index (χ4n) is 1.03. The first kappa shape index (κ1) is 12.6. The molecule has 0 aliphatic rings. The van der Waals surface area contributed by atoms with Crippen LogP contribution in [0.25, 0.3) is 0 Å². The van der Waals surface area contributed by atoms with Crippen molar-refractivity contribution in [2.45, 2.75) is 40.2 Å². The van der Waals surface area contributed by atoms with Gasteiger partial charge < -0.3 is 0 Å². The molecule has 0 spiro atoms. The maximum absolute atomic E-state index is 11.8. The molecule has 1 heterocycles. The van der Waals surface area contributed by atoms with Crippen LogP contribution in [0.15, 0.2) is 6.07 Å². The molecule has 0 bridgehead atoms. The van der Waals surface area contributed by atoms with Crippen molar-refractivity contribution in [1.82, 2.24) is 15.7 Å². The summed E-state index contributed by atoms with van der Waals surface area (Å²) in [5, 5.41) is 7.74. The molecule has 0 aliphatic heterocycles. The first-order chi connectivity index (χ1) is 7.29. The lowest BCUT2D eigenvalue weighted by Gasteiger charge is -2.19. The third kappa shape index (κ3) is 3.58. The van der Waals surface area contributed by atoms with E-state index in [-0.39, 0.29) is 5.91 Å². The predicted octanol–water partition coefficient (Wildman–Crippen LogP) is 1.55. The highest BCUT2D eigenvalue weighted by atomic mass is 16.7. The Bertz CT molecular complexity index is 397. The third-order valence-corrected chi connectivity index (χ3v) is 1.80. The van der Waals surface area contributed by atoms with E-state index < -0.39 is 5.60 Å². The molecule has 1 aromatic heterocycles. The van der Waals surface area contributed by atoms with Crippen molar-refractivity contribution in [3.8, 4) is 0 Å². The fourth-order valence-corrected chi connectivity index (χ4v) is 1.03. The molecule has 0 saturated carbocycles. The molecule has 0 aliphatic carbocycles. The van der Waals surface area contributed by atoms with E-state index in [1.165, 1.54) is 0 Å². The Kier molecular flexibility index (Phi) is 3.59. The molecule has 1 aromatic rings. The summed E-state index contributed by atoms with van der Waals surface area (Å²) in [4.78, 5) is 17.0. The van der Waals surface area contributed by atoms with Crippen molar-refractivity contribution >= 4 is 5.91 Å². The molecule has 16 heavy (non-hydrogen) atoms. The van der Waals surface area contributed by atoms with Crippen molar-refractivity contribution in [3.63, 3.8) is 0 Å². The average molecular weight is 223 g/mol. The molecule has 1 rings (SSSR count). The average Bonchev–Trinajstić information content (AvgIpc) is 2.17. The van der Waals surface area contributed by atoms with Crippen LogP contribution < -0.4 is 5.48 Å². The largest absolute Gasteiger partial charge is 0.276 e. The molecular formula is C11H17N3O2. The number of aryl methyl sites for hydroxylation is 2. The quantitative estimate of drug-likeness (QED) is 0.773. The highest BCUT2D eigenvalue weighted by Gasteiger charge is 2.16. The Labute approximate surface area is 95.2 Å². The lowest BCUT2D eigenvalue weighted by molar-refractivity contribution is -0.0590. The summed E-state index contributed by atoms with van der Waals surface area (Å²) in [6.45, 7) is 9.09. The van der Waals surface area contributed by atoms with E-state index >= 15 is 0 Å². The number of hydrogen-bond donors (Lipinski definition) is 1. The molecule has 0 aromatic carbocycles. The Hall–Kier alpha value is -1.49. The number of hydroxylamine groups is 1. The van der Waals surface area contributed by atoms with Crippen LogP contribution in [0.1, 0.15) is 42.5 Å². The summed E-state index contributed by atoms with van der Waals surface area (Å²) < 4.78 is 0. The van der Waals surface area contributed by atoms with Crippen molar-refractivity contribution in [2.75, 3.05) is 0 Å². The first-order valence-electron chi connectivity index (χ1n) is 5.09. The number of aromatic nitrogens is 2. The van der Waals surface area contributed by atoms with Crippen LogP contribution >= 0.6 is 0 Å². The van der Waals surface area contributed by atoms with Gasteiger partial charge in [0.2, 0.25) is 0 Å². The number of hydrogen-bond acceptors (Lipinski definition) is 4. The van der Waals surface area contributed by atoms with Gasteiger partial charge in [0, 0.05) is 0 Å². The Morgan fingerprint density at radius 1 is 1.31 bits per heavy atom. The van der Waals surface area contributed by atoms with E-state index in [0.717, 1.165) is 0 Å². The second kappa shape index (κ2) is 4.57. The van der Waals surface area contributed by atoms with Crippen LogP contribution in [-0.4, -0.2) is 21.7 Å². The predicted molar refractivity (Wildman–Crippen MR) is 59.8 cm³/mol. The zero-order valence-corrected chi connectivity index (χ0v) is 10.3. The molecule has 1 amide bonds. The second-order valence-corrected chi connectivity index (χ2v) is 4.63. The van der Waals surface area contributed by atoms with Crippen LogP contribution in [0.2, 0.25) is 0 Å². The Morgan fingerprint density at radius 2 is 1.94 bits per heavy atom. The van der Waals surface area contributed by atoms with Gasteiger partial charge in [0.05, 0.1) is 22.6 Å². The van der Waals surface area contributed by atoms with Crippen molar-refractivity contribution < 1.29 is 9.63 Å². The van der Waals surface area contributed by atoms with Gasteiger partial charge in [0.1, 0.15) is 0 Å². The van der Waals surface area contributed by atoms with Crippen molar-refractivity contribution in [2.24, 2.45) is 0 Å². The van der Waals surface area contributed by atoms with Crippen LogP contribution in [-0.2, 0) is 4.84 Å². The van der Waals surface area contributed by atoms with Gasteiger partial charge in [-0.2, -0.15) is 10.2 Å². The van der Waals surface area contributed by atoms with E-state index in [0.29, 0.717) is 17.0 Å². The van der Waals surface area contributed by atoms with Gasteiger partial charge >= 0.3 is 0 Å². The number of amides is 1. The maximum Gasteiger partial charge on any atom is 0.276 e. The van der Waals surface area contributed by atoms with Gasteiger partial charge in [-0.15, -0.1) is 0 Å². The van der Waals surface area contributed by atoms with Gasteiger partial charge in [0.25, 0.3) is 5.91 Å². The fraction of sp³-hybridized carbons (Fsp3) is 0.545. The summed E-state index contributed by atoms with van der Waals surface area (Å²) in [5.74, 6) is -0.301. The normalized spacial score (nSPS) is 11.3. The summed E-state index contributed by atoms with van der Waals surface area (Å²) in [6.07, 6.45) is 0. The second-order valence-electron chi connectivity index (χ2n) is 4.63. The van der Waals surface area contributed by atoms with E-state index in [1.54, 1.807) is 19.9 Å². The molecule has 0 saturated heterocycles. The molecule has 5 nitrogen and oxygen atoms in total.